The fourth-order valence-electron chi connectivity index (χ4n) is 2.19. The molecule has 2 rings (SSSR count). The molecule has 1 amide bonds. The molecule has 0 spiro atoms. The molecule has 5 heteroatoms. The van der Waals surface area contributed by atoms with Gasteiger partial charge in [-0.05, 0) is 46.1 Å². The van der Waals surface area contributed by atoms with E-state index < -0.39 is 0 Å². The maximum Gasteiger partial charge on any atom is 0.254 e. The maximum atomic E-state index is 12.4. The van der Waals surface area contributed by atoms with Crippen LogP contribution in [0.3, 0.4) is 0 Å². The number of ether oxygens (including phenoxy) is 2. The number of halogens is 1. The molecule has 20 heavy (non-hydrogen) atoms. The van der Waals surface area contributed by atoms with E-state index in [2.05, 4.69) is 22.0 Å². The maximum absolute atomic E-state index is 12.4. The molecule has 1 heterocycles. The minimum atomic E-state index is 0.0427. The quantitative estimate of drug-likeness (QED) is 0.791. The van der Waals surface area contributed by atoms with E-state index in [9.17, 15) is 4.79 Å². The molecule has 0 radical (unpaired) electrons. The van der Waals surface area contributed by atoms with Gasteiger partial charge in [-0.25, -0.2) is 0 Å². The van der Waals surface area contributed by atoms with E-state index in [1.807, 2.05) is 4.90 Å². The average molecular weight is 340 g/mol. The van der Waals surface area contributed by atoms with Crippen LogP contribution in [0, 0.1) is 0 Å². The smallest absolute Gasteiger partial charge is 0.254 e. The highest BCUT2D eigenvalue weighted by atomic mass is 79.9. The van der Waals surface area contributed by atoms with Crippen LogP contribution in [0.15, 0.2) is 34.3 Å². The summed E-state index contributed by atoms with van der Waals surface area (Å²) in [6, 6.07) is 5.39. The summed E-state index contributed by atoms with van der Waals surface area (Å²) >= 11 is 3.41. The Kier molecular flexibility index (Phi) is 5.20. The van der Waals surface area contributed by atoms with Crippen molar-refractivity contribution in [2.45, 2.75) is 6.42 Å². The second-order valence-electron chi connectivity index (χ2n) is 4.65. The van der Waals surface area contributed by atoms with E-state index in [4.69, 9.17) is 9.47 Å². The van der Waals surface area contributed by atoms with Crippen molar-refractivity contribution in [3.8, 4) is 5.75 Å². The Morgan fingerprint density at radius 1 is 1.40 bits per heavy atom. The number of benzene rings is 1. The highest BCUT2D eigenvalue weighted by molar-refractivity contribution is 9.10. The fourth-order valence-corrected chi connectivity index (χ4v) is 2.73. The molecule has 0 atom stereocenters. The summed E-state index contributed by atoms with van der Waals surface area (Å²) < 4.78 is 11.1. The number of hydrogen-bond acceptors (Lipinski definition) is 3. The molecule has 0 fully saturated rings. The van der Waals surface area contributed by atoms with Crippen molar-refractivity contribution in [1.82, 2.24) is 4.90 Å². The summed E-state index contributed by atoms with van der Waals surface area (Å²) in [5, 5.41) is 0. The van der Waals surface area contributed by atoms with Gasteiger partial charge in [-0.1, -0.05) is 6.08 Å². The normalized spacial score (nSPS) is 14.9. The standard InChI is InChI=1S/C15H18BrNO3/c1-19-10-11-5-7-17(8-6-11)15(18)12-3-4-14(20-2)13(16)9-12/h3-5,9H,6-8,10H2,1-2H3. The highest BCUT2D eigenvalue weighted by Crippen LogP contribution is 2.26. The summed E-state index contributed by atoms with van der Waals surface area (Å²) in [6.07, 6.45) is 2.94. The van der Waals surface area contributed by atoms with Crippen molar-refractivity contribution in [2.24, 2.45) is 0 Å². The minimum absolute atomic E-state index is 0.0427. The predicted molar refractivity (Wildman–Crippen MR) is 81.2 cm³/mol. The summed E-state index contributed by atoms with van der Waals surface area (Å²) in [5.74, 6) is 0.767. The zero-order valence-electron chi connectivity index (χ0n) is 11.7. The molecular formula is C15H18BrNO3. The van der Waals surface area contributed by atoms with Crippen LogP contribution in [0.5, 0.6) is 5.75 Å². The average Bonchev–Trinajstić information content (AvgIpc) is 2.47. The number of carbonyl (C=O) groups is 1. The van der Waals surface area contributed by atoms with Crippen molar-refractivity contribution in [2.75, 3.05) is 33.9 Å². The molecule has 0 unspecified atom stereocenters. The van der Waals surface area contributed by atoms with Crippen LogP contribution < -0.4 is 4.74 Å². The van der Waals surface area contributed by atoms with E-state index in [-0.39, 0.29) is 5.91 Å². The lowest BCUT2D eigenvalue weighted by atomic mass is 10.1. The second-order valence-corrected chi connectivity index (χ2v) is 5.50. The molecule has 0 saturated heterocycles. The van der Waals surface area contributed by atoms with Crippen molar-refractivity contribution in [1.29, 1.82) is 0 Å². The van der Waals surface area contributed by atoms with Gasteiger partial charge in [0.05, 0.1) is 18.2 Å². The van der Waals surface area contributed by atoms with E-state index in [1.54, 1.807) is 32.4 Å². The van der Waals surface area contributed by atoms with Gasteiger partial charge in [0.2, 0.25) is 0 Å². The number of nitrogens with zero attached hydrogens (tertiary/aromatic N) is 1. The van der Waals surface area contributed by atoms with Crippen LogP contribution >= 0.6 is 15.9 Å². The Balaban J connectivity index is 2.07. The first-order valence-electron chi connectivity index (χ1n) is 6.45. The second kappa shape index (κ2) is 6.90. The number of hydrogen-bond donors (Lipinski definition) is 0. The van der Waals surface area contributed by atoms with Crippen molar-refractivity contribution >= 4 is 21.8 Å². The van der Waals surface area contributed by atoms with E-state index >= 15 is 0 Å². The fraction of sp³-hybridized carbons (Fsp3) is 0.400. The number of amides is 1. The summed E-state index contributed by atoms with van der Waals surface area (Å²) in [6.45, 7) is 2.02. The molecule has 4 nitrogen and oxygen atoms in total. The molecule has 1 aromatic carbocycles. The molecule has 0 saturated carbocycles. The van der Waals surface area contributed by atoms with Gasteiger partial charge in [-0.15, -0.1) is 0 Å². The highest BCUT2D eigenvalue weighted by Gasteiger charge is 2.19. The van der Waals surface area contributed by atoms with Crippen LogP contribution in [0.25, 0.3) is 0 Å². The molecule has 108 valence electrons. The number of carbonyl (C=O) groups excluding carboxylic acids is 1. The van der Waals surface area contributed by atoms with Gasteiger partial charge < -0.3 is 14.4 Å². The minimum Gasteiger partial charge on any atom is -0.496 e. The zero-order valence-corrected chi connectivity index (χ0v) is 13.3. The first kappa shape index (κ1) is 15.1. The molecule has 1 aliphatic heterocycles. The SMILES string of the molecule is COCC1=CCN(C(=O)c2ccc(OC)c(Br)c2)CC1. The van der Waals surface area contributed by atoms with Crippen LogP contribution in [0.4, 0.5) is 0 Å². The van der Waals surface area contributed by atoms with Gasteiger partial charge in [0.15, 0.2) is 0 Å². The third-order valence-corrected chi connectivity index (χ3v) is 3.94. The van der Waals surface area contributed by atoms with Gasteiger partial charge in [0, 0.05) is 25.8 Å². The van der Waals surface area contributed by atoms with Crippen molar-refractivity contribution in [3.05, 3.63) is 39.9 Å². The van der Waals surface area contributed by atoms with Gasteiger partial charge in [-0.3, -0.25) is 4.79 Å². The van der Waals surface area contributed by atoms with Crippen molar-refractivity contribution < 1.29 is 14.3 Å². The molecule has 0 N–H and O–H groups in total. The number of rotatable bonds is 4. The Morgan fingerprint density at radius 2 is 2.20 bits per heavy atom. The lowest BCUT2D eigenvalue weighted by molar-refractivity contribution is 0.0765. The van der Waals surface area contributed by atoms with Crippen molar-refractivity contribution in [3.63, 3.8) is 0 Å². The van der Waals surface area contributed by atoms with Gasteiger partial charge >= 0.3 is 0 Å². The lowest BCUT2D eigenvalue weighted by Crippen LogP contribution is -2.35. The van der Waals surface area contributed by atoms with E-state index in [1.165, 1.54) is 5.57 Å². The largest absolute Gasteiger partial charge is 0.496 e. The first-order valence-corrected chi connectivity index (χ1v) is 7.24. The Hall–Kier alpha value is -1.33. The zero-order chi connectivity index (χ0) is 14.5. The Morgan fingerprint density at radius 3 is 2.75 bits per heavy atom. The summed E-state index contributed by atoms with van der Waals surface area (Å²) in [7, 11) is 3.29. The molecular weight excluding hydrogens is 322 g/mol. The number of methoxy groups -OCH3 is 2. The predicted octanol–water partition coefficient (Wildman–Crippen LogP) is 2.88. The van der Waals surface area contributed by atoms with E-state index in [0.717, 1.165) is 23.2 Å². The van der Waals surface area contributed by atoms with Gasteiger partial charge in [0.1, 0.15) is 5.75 Å². The topological polar surface area (TPSA) is 38.8 Å². The van der Waals surface area contributed by atoms with Crippen LogP contribution in [-0.4, -0.2) is 44.7 Å². The van der Waals surface area contributed by atoms with Gasteiger partial charge in [-0.2, -0.15) is 0 Å². The third kappa shape index (κ3) is 3.41. The monoisotopic (exact) mass is 339 g/mol. The van der Waals surface area contributed by atoms with Crippen LogP contribution in [-0.2, 0) is 4.74 Å². The van der Waals surface area contributed by atoms with Crippen LogP contribution in [0.1, 0.15) is 16.8 Å². The van der Waals surface area contributed by atoms with Crippen LogP contribution in [0.2, 0.25) is 0 Å². The molecule has 0 bridgehead atoms. The third-order valence-electron chi connectivity index (χ3n) is 3.32. The molecule has 0 aromatic heterocycles. The summed E-state index contributed by atoms with van der Waals surface area (Å²) in [5.41, 5.74) is 1.92. The Bertz CT molecular complexity index is 528. The molecule has 1 aliphatic rings. The Labute approximate surface area is 127 Å². The summed E-state index contributed by atoms with van der Waals surface area (Å²) in [4.78, 5) is 14.3. The lowest BCUT2D eigenvalue weighted by Gasteiger charge is -2.26. The van der Waals surface area contributed by atoms with Gasteiger partial charge in [0.25, 0.3) is 5.91 Å². The molecule has 0 aliphatic carbocycles. The molecule has 1 aromatic rings. The van der Waals surface area contributed by atoms with E-state index in [0.29, 0.717) is 18.7 Å². The first-order chi connectivity index (χ1) is 9.65.